The van der Waals surface area contributed by atoms with E-state index in [0.717, 1.165) is 12.0 Å². The molecule has 0 amide bonds. The van der Waals surface area contributed by atoms with Crippen LogP contribution < -0.4 is 22.3 Å². The second-order valence-electron chi connectivity index (χ2n) is 5.56. The quantitative estimate of drug-likeness (QED) is 0.781. The van der Waals surface area contributed by atoms with E-state index >= 15 is 0 Å². The minimum atomic E-state index is -0.490. The maximum atomic E-state index is 12.0. The van der Waals surface area contributed by atoms with Crippen molar-refractivity contribution in [3.63, 3.8) is 0 Å². The summed E-state index contributed by atoms with van der Waals surface area (Å²) < 4.78 is 1.38. The lowest BCUT2D eigenvalue weighted by Crippen LogP contribution is -2.34. The number of H-pyrrole nitrogens is 1. The van der Waals surface area contributed by atoms with Crippen molar-refractivity contribution in [2.75, 3.05) is 11.1 Å². The fraction of sp³-hybridized carbons (Fsp3) is 0.333. The summed E-state index contributed by atoms with van der Waals surface area (Å²) in [5, 5.41) is 3.13. The first-order valence-corrected chi connectivity index (χ1v) is 6.99. The van der Waals surface area contributed by atoms with E-state index in [1.807, 2.05) is 30.3 Å². The van der Waals surface area contributed by atoms with Crippen LogP contribution in [0.4, 0.5) is 11.5 Å². The molecular weight excluding hydrogens is 268 g/mol. The Balaban J connectivity index is 1.98. The summed E-state index contributed by atoms with van der Waals surface area (Å²) in [7, 11) is 0. The van der Waals surface area contributed by atoms with Crippen LogP contribution in [0.2, 0.25) is 0 Å². The SMILES string of the molecule is CC1CC1Nc1c(N)n(Cc2ccccc2)c(=O)[nH]c1=O. The Bertz CT molecular complexity index is 763. The maximum absolute atomic E-state index is 12.0. The number of hydrogen-bond acceptors (Lipinski definition) is 4. The number of aromatic nitrogens is 2. The zero-order valence-electron chi connectivity index (χ0n) is 11.8. The van der Waals surface area contributed by atoms with Gasteiger partial charge in [0.05, 0.1) is 6.54 Å². The number of nitrogens with one attached hydrogen (secondary N) is 2. The summed E-state index contributed by atoms with van der Waals surface area (Å²) in [4.78, 5) is 26.2. The molecule has 0 spiro atoms. The molecule has 1 aromatic carbocycles. The zero-order chi connectivity index (χ0) is 15.0. The molecule has 2 atom stereocenters. The van der Waals surface area contributed by atoms with Crippen LogP contribution in [0.25, 0.3) is 0 Å². The molecule has 6 nitrogen and oxygen atoms in total. The highest BCUT2D eigenvalue weighted by atomic mass is 16.2. The molecule has 110 valence electrons. The first-order chi connectivity index (χ1) is 10.1. The number of anilines is 2. The van der Waals surface area contributed by atoms with Gasteiger partial charge in [-0.3, -0.25) is 14.3 Å². The van der Waals surface area contributed by atoms with Crippen LogP contribution in [0.15, 0.2) is 39.9 Å². The van der Waals surface area contributed by atoms with Gasteiger partial charge >= 0.3 is 5.69 Å². The molecule has 3 rings (SSSR count). The predicted molar refractivity (Wildman–Crippen MR) is 82.5 cm³/mol. The average molecular weight is 286 g/mol. The topological polar surface area (TPSA) is 92.9 Å². The number of aromatic amines is 1. The lowest BCUT2D eigenvalue weighted by atomic mass is 10.2. The Morgan fingerprint density at radius 3 is 2.62 bits per heavy atom. The Hall–Kier alpha value is -2.50. The van der Waals surface area contributed by atoms with Crippen molar-refractivity contribution in [1.29, 1.82) is 0 Å². The average Bonchev–Trinajstić information content (AvgIpc) is 3.16. The van der Waals surface area contributed by atoms with Crippen molar-refractivity contribution in [1.82, 2.24) is 9.55 Å². The molecular formula is C15H18N4O2. The van der Waals surface area contributed by atoms with E-state index in [4.69, 9.17) is 5.73 Å². The highest BCUT2D eigenvalue weighted by Crippen LogP contribution is 2.32. The molecule has 1 saturated carbocycles. The van der Waals surface area contributed by atoms with E-state index in [9.17, 15) is 9.59 Å². The molecule has 1 aromatic heterocycles. The molecule has 1 aliphatic carbocycles. The summed E-state index contributed by atoms with van der Waals surface area (Å²) in [6.07, 6.45) is 1.01. The van der Waals surface area contributed by atoms with Crippen molar-refractivity contribution in [3.8, 4) is 0 Å². The van der Waals surface area contributed by atoms with E-state index in [0.29, 0.717) is 18.2 Å². The minimum Gasteiger partial charge on any atom is -0.383 e. The van der Waals surface area contributed by atoms with Gasteiger partial charge in [-0.05, 0) is 17.9 Å². The number of nitrogen functional groups attached to an aromatic ring is 1. The molecule has 0 bridgehead atoms. The van der Waals surface area contributed by atoms with E-state index in [1.54, 1.807) is 0 Å². The van der Waals surface area contributed by atoms with Gasteiger partial charge in [0.15, 0.2) is 0 Å². The molecule has 1 aliphatic rings. The van der Waals surface area contributed by atoms with Gasteiger partial charge in [-0.2, -0.15) is 0 Å². The van der Waals surface area contributed by atoms with Crippen molar-refractivity contribution in [3.05, 3.63) is 56.7 Å². The molecule has 0 aliphatic heterocycles. The normalized spacial score (nSPS) is 20.2. The highest BCUT2D eigenvalue weighted by molar-refractivity contribution is 5.61. The summed E-state index contributed by atoms with van der Waals surface area (Å²) >= 11 is 0. The third-order valence-electron chi connectivity index (χ3n) is 3.86. The van der Waals surface area contributed by atoms with Crippen LogP contribution in [0.1, 0.15) is 18.9 Å². The molecule has 21 heavy (non-hydrogen) atoms. The monoisotopic (exact) mass is 286 g/mol. The lowest BCUT2D eigenvalue weighted by Gasteiger charge is -2.13. The van der Waals surface area contributed by atoms with Crippen molar-refractivity contribution in [2.24, 2.45) is 5.92 Å². The van der Waals surface area contributed by atoms with E-state index in [-0.39, 0.29) is 11.9 Å². The van der Waals surface area contributed by atoms with Gasteiger partial charge in [0.1, 0.15) is 11.5 Å². The van der Waals surface area contributed by atoms with E-state index < -0.39 is 11.2 Å². The molecule has 1 fully saturated rings. The number of nitrogens with two attached hydrogens (primary N) is 1. The summed E-state index contributed by atoms with van der Waals surface area (Å²) in [6, 6.07) is 9.78. The van der Waals surface area contributed by atoms with Gasteiger partial charge in [0.2, 0.25) is 0 Å². The molecule has 2 aromatic rings. The van der Waals surface area contributed by atoms with Gasteiger partial charge < -0.3 is 11.1 Å². The Labute approximate surface area is 121 Å². The molecule has 0 radical (unpaired) electrons. The summed E-state index contributed by atoms with van der Waals surface area (Å²) in [5.74, 6) is 0.713. The fourth-order valence-corrected chi connectivity index (χ4v) is 2.36. The van der Waals surface area contributed by atoms with Crippen LogP contribution in [0, 0.1) is 5.92 Å². The smallest absolute Gasteiger partial charge is 0.330 e. The van der Waals surface area contributed by atoms with Gasteiger partial charge in [0, 0.05) is 6.04 Å². The minimum absolute atomic E-state index is 0.187. The van der Waals surface area contributed by atoms with E-state index in [2.05, 4.69) is 17.2 Å². The predicted octanol–water partition coefficient (Wildman–Crippen LogP) is 0.987. The molecule has 6 heteroatoms. The molecule has 1 heterocycles. The third-order valence-corrected chi connectivity index (χ3v) is 3.86. The molecule has 2 unspecified atom stereocenters. The first-order valence-electron chi connectivity index (χ1n) is 6.99. The fourth-order valence-electron chi connectivity index (χ4n) is 2.36. The van der Waals surface area contributed by atoms with E-state index in [1.165, 1.54) is 4.57 Å². The van der Waals surface area contributed by atoms with Crippen LogP contribution in [0.3, 0.4) is 0 Å². The molecule has 4 N–H and O–H groups in total. The van der Waals surface area contributed by atoms with Crippen LogP contribution >= 0.6 is 0 Å². The Morgan fingerprint density at radius 1 is 1.33 bits per heavy atom. The highest BCUT2D eigenvalue weighted by Gasteiger charge is 2.33. The second-order valence-corrected chi connectivity index (χ2v) is 5.56. The number of rotatable bonds is 4. The van der Waals surface area contributed by atoms with Gasteiger partial charge in [-0.15, -0.1) is 0 Å². The largest absolute Gasteiger partial charge is 0.383 e. The Morgan fingerprint density at radius 2 is 2.00 bits per heavy atom. The van der Waals surface area contributed by atoms with Gasteiger partial charge in [-0.1, -0.05) is 37.3 Å². The van der Waals surface area contributed by atoms with Crippen molar-refractivity contribution >= 4 is 11.5 Å². The second kappa shape index (κ2) is 5.12. The summed E-state index contributed by atoms with van der Waals surface area (Å²) in [5.41, 5.74) is 6.33. The zero-order valence-corrected chi connectivity index (χ0v) is 11.8. The number of benzene rings is 1. The third kappa shape index (κ3) is 2.69. The van der Waals surface area contributed by atoms with Crippen LogP contribution in [0.5, 0.6) is 0 Å². The first kappa shape index (κ1) is 13.5. The van der Waals surface area contributed by atoms with Gasteiger partial charge in [0.25, 0.3) is 5.56 Å². The lowest BCUT2D eigenvalue weighted by molar-refractivity contribution is 0.732. The van der Waals surface area contributed by atoms with Crippen molar-refractivity contribution in [2.45, 2.75) is 25.9 Å². The van der Waals surface area contributed by atoms with Gasteiger partial charge in [-0.25, -0.2) is 4.79 Å². The standard InChI is InChI=1S/C15H18N4O2/c1-9-7-11(9)17-12-13(16)19(15(21)18-14(12)20)8-10-5-3-2-4-6-10/h2-6,9,11,17H,7-8,16H2,1H3,(H,18,20,21). The number of nitrogens with zero attached hydrogens (tertiary/aromatic N) is 1. The Kier molecular flexibility index (Phi) is 3.29. The van der Waals surface area contributed by atoms with Crippen molar-refractivity contribution < 1.29 is 0 Å². The van der Waals surface area contributed by atoms with Crippen LogP contribution in [-0.4, -0.2) is 15.6 Å². The molecule has 0 saturated heterocycles. The number of hydrogen-bond donors (Lipinski definition) is 3. The van der Waals surface area contributed by atoms with Crippen LogP contribution in [-0.2, 0) is 6.54 Å². The maximum Gasteiger partial charge on any atom is 0.330 e. The summed E-state index contributed by atoms with van der Waals surface area (Å²) in [6.45, 7) is 2.43.